The van der Waals surface area contributed by atoms with Crippen LogP contribution in [0.15, 0.2) is 18.2 Å². The first kappa shape index (κ1) is 11.9. The molecule has 0 amide bonds. The molecule has 1 N–H and O–H groups in total. The minimum absolute atomic E-state index is 0.0794. The van der Waals surface area contributed by atoms with Crippen molar-refractivity contribution in [3.8, 4) is 5.75 Å². The van der Waals surface area contributed by atoms with Crippen molar-refractivity contribution < 1.29 is 18.6 Å². The Kier molecular flexibility index (Phi) is 3.63. The molecule has 1 aromatic rings. The maximum absolute atomic E-state index is 13.1. The van der Waals surface area contributed by atoms with Crippen molar-refractivity contribution in [2.45, 2.75) is 13.8 Å². The van der Waals surface area contributed by atoms with Crippen LogP contribution in [-0.4, -0.2) is 18.3 Å². The first-order valence-electron chi connectivity index (χ1n) is 4.63. The lowest BCUT2D eigenvalue weighted by Crippen LogP contribution is -2.25. The Bertz CT molecular complexity index is 337. The second kappa shape index (κ2) is 4.57. The molecule has 0 aliphatic carbocycles. The van der Waals surface area contributed by atoms with Gasteiger partial charge in [-0.15, -0.1) is 0 Å². The standard InChI is InChI=1S/C11H14F2O2/c1-11(2,6-14)7-15-10-5-8(12)3-4-9(10)13/h3-5,14H,6-7H2,1-2H3. The van der Waals surface area contributed by atoms with Crippen LogP contribution in [0.25, 0.3) is 0 Å². The highest BCUT2D eigenvalue weighted by Gasteiger charge is 2.18. The molecule has 0 radical (unpaired) electrons. The second-order valence-corrected chi connectivity index (χ2v) is 4.19. The molecule has 4 heteroatoms. The van der Waals surface area contributed by atoms with Crippen molar-refractivity contribution in [1.29, 1.82) is 0 Å². The number of halogens is 2. The summed E-state index contributed by atoms with van der Waals surface area (Å²) in [5.74, 6) is -1.28. The van der Waals surface area contributed by atoms with Gasteiger partial charge in [-0.2, -0.15) is 0 Å². The van der Waals surface area contributed by atoms with Crippen LogP contribution in [-0.2, 0) is 0 Å². The van der Waals surface area contributed by atoms with Crippen molar-refractivity contribution in [2.75, 3.05) is 13.2 Å². The molecule has 1 rings (SSSR count). The van der Waals surface area contributed by atoms with E-state index in [-0.39, 0.29) is 19.0 Å². The van der Waals surface area contributed by atoms with Gasteiger partial charge in [0.15, 0.2) is 11.6 Å². The van der Waals surface area contributed by atoms with E-state index >= 15 is 0 Å². The van der Waals surface area contributed by atoms with Crippen molar-refractivity contribution >= 4 is 0 Å². The summed E-state index contributed by atoms with van der Waals surface area (Å²) in [5, 5.41) is 8.95. The van der Waals surface area contributed by atoms with E-state index in [1.165, 1.54) is 0 Å². The third-order valence-corrected chi connectivity index (χ3v) is 1.94. The predicted molar refractivity (Wildman–Crippen MR) is 52.7 cm³/mol. The fourth-order valence-corrected chi connectivity index (χ4v) is 0.907. The fraction of sp³-hybridized carbons (Fsp3) is 0.455. The van der Waals surface area contributed by atoms with Crippen molar-refractivity contribution in [2.24, 2.45) is 5.41 Å². The predicted octanol–water partition coefficient (Wildman–Crippen LogP) is 2.36. The van der Waals surface area contributed by atoms with Crippen molar-refractivity contribution in [1.82, 2.24) is 0 Å². The van der Waals surface area contributed by atoms with E-state index in [1.807, 2.05) is 0 Å². The molecule has 1 aromatic carbocycles. The Morgan fingerprint density at radius 2 is 2.00 bits per heavy atom. The zero-order valence-electron chi connectivity index (χ0n) is 8.76. The van der Waals surface area contributed by atoms with Gasteiger partial charge in [0.2, 0.25) is 0 Å². The summed E-state index contributed by atoms with van der Waals surface area (Å²) in [6.45, 7) is 3.59. The first-order chi connectivity index (χ1) is 6.94. The zero-order valence-corrected chi connectivity index (χ0v) is 8.76. The number of aliphatic hydroxyl groups excluding tert-OH is 1. The van der Waals surface area contributed by atoms with Gasteiger partial charge in [-0.3, -0.25) is 0 Å². The Hall–Kier alpha value is -1.16. The minimum atomic E-state index is -0.606. The molecule has 0 heterocycles. The van der Waals surface area contributed by atoms with Gasteiger partial charge in [0.25, 0.3) is 0 Å². The fourth-order valence-electron chi connectivity index (χ4n) is 0.907. The van der Waals surface area contributed by atoms with Crippen LogP contribution < -0.4 is 4.74 Å². The number of benzene rings is 1. The smallest absolute Gasteiger partial charge is 0.165 e. The average Bonchev–Trinajstić information content (AvgIpc) is 2.20. The molecule has 2 nitrogen and oxygen atoms in total. The summed E-state index contributed by atoms with van der Waals surface area (Å²) in [6, 6.07) is 3.03. The summed E-state index contributed by atoms with van der Waals surface area (Å²) >= 11 is 0. The normalized spacial score (nSPS) is 11.5. The lowest BCUT2D eigenvalue weighted by molar-refractivity contribution is 0.0951. The molecule has 0 unspecified atom stereocenters. The Balaban J connectivity index is 2.69. The lowest BCUT2D eigenvalue weighted by Gasteiger charge is -2.21. The van der Waals surface area contributed by atoms with E-state index in [2.05, 4.69) is 0 Å². The van der Waals surface area contributed by atoms with Crippen LogP contribution in [0.3, 0.4) is 0 Å². The van der Waals surface area contributed by atoms with Crippen LogP contribution in [0.1, 0.15) is 13.8 Å². The highest BCUT2D eigenvalue weighted by Crippen LogP contribution is 2.21. The molecule has 0 saturated heterocycles. The average molecular weight is 216 g/mol. The van der Waals surface area contributed by atoms with E-state index in [4.69, 9.17) is 9.84 Å². The SMILES string of the molecule is CC(C)(CO)COc1cc(F)ccc1F. The number of ether oxygens (including phenoxy) is 1. The highest BCUT2D eigenvalue weighted by atomic mass is 19.1. The largest absolute Gasteiger partial charge is 0.490 e. The summed E-state index contributed by atoms with van der Waals surface area (Å²) in [6.07, 6.45) is 0. The maximum Gasteiger partial charge on any atom is 0.165 e. The molecule has 0 spiro atoms. The van der Waals surface area contributed by atoms with E-state index in [0.29, 0.717) is 0 Å². The Morgan fingerprint density at radius 3 is 2.60 bits per heavy atom. The molecule has 0 atom stereocenters. The third kappa shape index (κ3) is 3.47. The van der Waals surface area contributed by atoms with Crippen LogP contribution in [0.2, 0.25) is 0 Å². The lowest BCUT2D eigenvalue weighted by atomic mass is 9.96. The van der Waals surface area contributed by atoms with Crippen LogP contribution in [0, 0.1) is 17.0 Å². The van der Waals surface area contributed by atoms with Crippen LogP contribution in [0.5, 0.6) is 5.75 Å². The summed E-state index contributed by atoms with van der Waals surface area (Å²) in [4.78, 5) is 0. The van der Waals surface area contributed by atoms with Gasteiger partial charge in [-0.1, -0.05) is 13.8 Å². The van der Waals surface area contributed by atoms with Gasteiger partial charge in [0, 0.05) is 11.5 Å². The van der Waals surface area contributed by atoms with Gasteiger partial charge in [-0.05, 0) is 12.1 Å². The Labute approximate surface area is 87.5 Å². The van der Waals surface area contributed by atoms with E-state index in [1.54, 1.807) is 13.8 Å². The Morgan fingerprint density at radius 1 is 1.33 bits per heavy atom. The number of rotatable bonds is 4. The van der Waals surface area contributed by atoms with Crippen LogP contribution >= 0.6 is 0 Å². The highest BCUT2D eigenvalue weighted by molar-refractivity contribution is 5.24. The number of aliphatic hydroxyl groups is 1. The first-order valence-corrected chi connectivity index (χ1v) is 4.63. The molecule has 0 bridgehead atoms. The topological polar surface area (TPSA) is 29.5 Å². The van der Waals surface area contributed by atoms with E-state index in [0.717, 1.165) is 18.2 Å². The second-order valence-electron chi connectivity index (χ2n) is 4.19. The molecular formula is C11H14F2O2. The minimum Gasteiger partial charge on any atom is -0.490 e. The van der Waals surface area contributed by atoms with Crippen molar-refractivity contribution in [3.63, 3.8) is 0 Å². The zero-order chi connectivity index (χ0) is 11.5. The summed E-state index contributed by atoms with van der Waals surface area (Å²) in [5.41, 5.74) is -0.473. The monoisotopic (exact) mass is 216 g/mol. The quantitative estimate of drug-likeness (QED) is 0.837. The molecule has 0 fully saturated rings. The molecule has 0 aliphatic rings. The van der Waals surface area contributed by atoms with E-state index < -0.39 is 17.0 Å². The van der Waals surface area contributed by atoms with Gasteiger partial charge in [0.1, 0.15) is 5.82 Å². The van der Waals surface area contributed by atoms with E-state index in [9.17, 15) is 8.78 Å². The maximum atomic E-state index is 13.1. The molecule has 0 saturated carbocycles. The van der Waals surface area contributed by atoms with Crippen molar-refractivity contribution in [3.05, 3.63) is 29.8 Å². The number of hydrogen-bond acceptors (Lipinski definition) is 2. The molecule has 84 valence electrons. The summed E-state index contributed by atoms with van der Waals surface area (Å²) in [7, 11) is 0. The van der Waals surface area contributed by atoms with Gasteiger partial charge in [0.05, 0.1) is 13.2 Å². The summed E-state index contributed by atoms with van der Waals surface area (Å²) < 4.78 is 30.9. The van der Waals surface area contributed by atoms with Gasteiger partial charge < -0.3 is 9.84 Å². The molecule has 15 heavy (non-hydrogen) atoms. The third-order valence-electron chi connectivity index (χ3n) is 1.94. The molecular weight excluding hydrogens is 202 g/mol. The van der Waals surface area contributed by atoms with Crippen LogP contribution in [0.4, 0.5) is 8.78 Å². The van der Waals surface area contributed by atoms with Gasteiger partial charge >= 0.3 is 0 Å². The number of hydrogen-bond donors (Lipinski definition) is 1. The molecule has 0 aliphatic heterocycles. The molecule has 0 aromatic heterocycles. The van der Waals surface area contributed by atoms with Gasteiger partial charge in [-0.25, -0.2) is 8.78 Å².